The van der Waals surface area contributed by atoms with E-state index in [9.17, 15) is 14.4 Å². The summed E-state index contributed by atoms with van der Waals surface area (Å²) in [6.45, 7) is 2.25. The number of hydrogen-bond donors (Lipinski definition) is 2. The molecular formula is C32H37N7O3. The number of carbonyl (C=O) groups is 3. The van der Waals surface area contributed by atoms with Crippen molar-refractivity contribution in [1.82, 2.24) is 24.7 Å². The number of aromatic nitrogens is 2. The molecule has 218 valence electrons. The van der Waals surface area contributed by atoms with Gasteiger partial charge in [0.05, 0.1) is 5.52 Å². The Kier molecular flexibility index (Phi) is 8.53. The van der Waals surface area contributed by atoms with Crippen LogP contribution < -0.4 is 15.5 Å². The van der Waals surface area contributed by atoms with E-state index in [1.165, 1.54) is 15.0 Å². The average Bonchev–Trinajstić information content (AvgIpc) is 3.43. The van der Waals surface area contributed by atoms with Crippen molar-refractivity contribution >= 4 is 45.9 Å². The number of pyridine rings is 1. The van der Waals surface area contributed by atoms with Crippen molar-refractivity contribution in [3.63, 3.8) is 0 Å². The number of nitrogens with one attached hydrogen (secondary N) is 2. The molecule has 0 atom stereocenters. The van der Waals surface area contributed by atoms with Crippen LogP contribution in [0.15, 0.2) is 73.1 Å². The number of carbonyl (C=O) groups excluding carboxylic acids is 3. The van der Waals surface area contributed by atoms with Crippen LogP contribution in [-0.2, 0) is 4.79 Å². The van der Waals surface area contributed by atoms with Gasteiger partial charge in [0.2, 0.25) is 5.91 Å². The third kappa shape index (κ3) is 6.28. The summed E-state index contributed by atoms with van der Waals surface area (Å²) in [6, 6.07) is 18.7. The average molecular weight is 568 g/mol. The van der Waals surface area contributed by atoms with Gasteiger partial charge in [-0.3, -0.25) is 14.2 Å². The fourth-order valence-corrected chi connectivity index (χ4v) is 5.30. The standard InChI is InChI=1S/C32H37N7O3/c1-33-32(42)38-18-14-25-19-26(9-10-28(25)38)39(21-30(40)36(2)3)27-11-15-34-29(20-27)35-31(41)24-7-5-22(6-8-24)23-12-16-37(4)17-13-23/h5-11,14-15,18-20,23H,12-13,16-17,21H2,1-4H3,(H,33,42)(H,34,35,41). The highest BCUT2D eigenvalue weighted by molar-refractivity contribution is 6.04. The van der Waals surface area contributed by atoms with Crippen LogP contribution in [0.25, 0.3) is 10.9 Å². The first-order valence-electron chi connectivity index (χ1n) is 14.1. The van der Waals surface area contributed by atoms with E-state index >= 15 is 0 Å². The van der Waals surface area contributed by atoms with E-state index in [0.717, 1.165) is 42.5 Å². The lowest BCUT2D eigenvalue weighted by Crippen LogP contribution is -2.34. The number of nitrogens with zero attached hydrogens (tertiary/aromatic N) is 5. The molecule has 4 aromatic rings. The highest BCUT2D eigenvalue weighted by Crippen LogP contribution is 2.31. The monoisotopic (exact) mass is 567 g/mol. The number of fused-ring (bicyclic) bond motifs is 1. The SMILES string of the molecule is CNC(=O)n1ccc2cc(N(CC(=O)N(C)C)c3ccnc(NC(=O)c4ccc(C5CCN(C)CC5)cc4)c3)ccc21. The summed E-state index contributed by atoms with van der Waals surface area (Å²) in [5.41, 5.74) is 4.04. The van der Waals surface area contributed by atoms with Gasteiger partial charge in [0.15, 0.2) is 0 Å². The molecule has 1 fully saturated rings. The molecular weight excluding hydrogens is 530 g/mol. The quantitative estimate of drug-likeness (QED) is 0.341. The molecule has 0 spiro atoms. The molecule has 1 saturated heterocycles. The van der Waals surface area contributed by atoms with Gasteiger partial charge in [0.1, 0.15) is 12.4 Å². The topological polar surface area (TPSA) is 103 Å². The number of amides is 3. The fourth-order valence-electron chi connectivity index (χ4n) is 5.30. The van der Waals surface area contributed by atoms with E-state index in [4.69, 9.17) is 0 Å². The maximum absolute atomic E-state index is 13.1. The summed E-state index contributed by atoms with van der Waals surface area (Å²) >= 11 is 0. The zero-order chi connectivity index (χ0) is 29.8. The van der Waals surface area contributed by atoms with Gasteiger partial charge in [-0.05, 0) is 86.9 Å². The van der Waals surface area contributed by atoms with Crippen molar-refractivity contribution < 1.29 is 14.4 Å². The number of hydrogen-bond acceptors (Lipinski definition) is 6. The van der Waals surface area contributed by atoms with E-state index in [1.54, 1.807) is 45.7 Å². The Morgan fingerprint density at radius 2 is 1.67 bits per heavy atom. The van der Waals surface area contributed by atoms with Gasteiger partial charge < -0.3 is 25.3 Å². The Bertz CT molecular complexity index is 1590. The minimum Gasteiger partial charge on any atom is -0.347 e. The Labute approximate surface area is 245 Å². The van der Waals surface area contributed by atoms with Crippen LogP contribution in [0.1, 0.15) is 34.7 Å². The number of anilines is 3. The Morgan fingerprint density at radius 3 is 2.36 bits per heavy atom. The van der Waals surface area contributed by atoms with Gasteiger partial charge in [0.25, 0.3) is 5.91 Å². The maximum Gasteiger partial charge on any atom is 0.325 e. The first-order valence-corrected chi connectivity index (χ1v) is 14.1. The van der Waals surface area contributed by atoms with Crippen molar-refractivity contribution in [1.29, 1.82) is 0 Å². The molecule has 5 rings (SSSR count). The molecule has 3 heterocycles. The zero-order valence-corrected chi connectivity index (χ0v) is 24.5. The van der Waals surface area contributed by atoms with E-state index in [1.807, 2.05) is 41.3 Å². The Morgan fingerprint density at radius 1 is 0.952 bits per heavy atom. The summed E-state index contributed by atoms with van der Waals surface area (Å²) in [6.07, 6.45) is 5.57. The fraction of sp³-hybridized carbons (Fsp3) is 0.312. The summed E-state index contributed by atoms with van der Waals surface area (Å²) < 4.78 is 1.54. The van der Waals surface area contributed by atoms with Crippen molar-refractivity contribution in [2.24, 2.45) is 0 Å². The van der Waals surface area contributed by atoms with Gasteiger partial charge in [-0.15, -0.1) is 0 Å². The van der Waals surface area contributed by atoms with Gasteiger partial charge in [0, 0.05) is 61.9 Å². The molecule has 2 N–H and O–H groups in total. The molecule has 0 aliphatic carbocycles. The molecule has 10 nitrogen and oxygen atoms in total. The van der Waals surface area contributed by atoms with Crippen molar-refractivity contribution in [2.75, 3.05) is 58.0 Å². The third-order valence-corrected chi connectivity index (χ3v) is 7.87. The van der Waals surface area contributed by atoms with Crippen molar-refractivity contribution in [2.45, 2.75) is 18.8 Å². The normalized spacial score (nSPS) is 14.0. The van der Waals surface area contributed by atoms with Crippen LogP contribution in [0.3, 0.4) is 0 Å². The molecule has 0 saturated carbocycles. The van der Waals surface area contributed by atoms with Crippen LogP contribution in [0, 0.1) is 0 Å². The largest absolute Gasteiger partial charge is 0.347 e. The van der Waals surface area contributed by atoms with Crippen molar-refractivity contribution in [3.05, 3.63) is 84.2 Å². The molecule has 2 aromatic carbocycles. The second-order valence-corrected chi connectivity index (χ2v) is 10.9. The predicted molar refractivity (Wildman–Crippen MR) is 166 cm³/mol. The second kappa shape index (κ2) is 12.4. The molecule has 3 amide bonds. The number of benzene rings is 2. The summed E-state index contributed by atoms with van der Waals surface area (Å²) in [7, 11) is 7.16. The molecule has 10 heteroatoms. The van der Waals surface area contributed by atoms with Crippen LogP contribution in [0.2, 0.25) is 0 Å². The van der Waals surface area contributed by atoms with E-state index in [0.29, 0.717) is 23.0 Å². The van der Waals surface area contributed by atoms with Crippen LogP contribution >= 0.6 is 0 Å². The molecule has 0 radical (unpaired) electrons. The molecule has 1 aliphatic heterocycles. The highest BCUT2D eigenvalue weighted by Gasteiger charge is 2.20. The van der Waals surface area contributed by atoms with Crippen LogP contribution in [-0.4, -0.2) is 85.0 Å². The minimum atomic E-state index is -0.248. The predicted octanol–water partition coefficient (Wildman–Crippen LogP) is 4.51. The number of piperidine rings is 1. The second-order valence-electron chi connectivity index (χ2n) is 10.9. The third-order valence-electron chi connectivity index (χ3n) is 7.87. The summed E-state index contributed by atoms with van der Waals surface area (Å²) in [5, 5.41) is 6.40. The van der Waals surface area contributed by atoms with Crippen LogP contribution in [0.5, 0.6) is 0 Å². The highest BCUT2D eigenvalue weighted by atomic mass is 16.2. The number of rotatable bonds is 7. The zero-order valence-electron chi connectivity index (χ0n) is 24.5. The number of likely N-dealkylation sites (N-methyl/N-ethyl adjacent to an activating group) is 1. The van der Waals surface area contributed by atoms with Crippen LogP contribution in [0.4, 0.5) is 22.0 Å². The molecule has 0 unspecified atom stereocenters. The summed E-state index contributed by atoms with van der Waals surface area (Å²) in [4.78, 5) is 48.3. The summed E-state index contributed by atoms with van der Waals surface area (Å²) in [5.74, 6) is 0.563. The van der Waals surface area contributed by atoms with Gasteiger partial charge in [-0.2, -0.15) is 0 Å². The molecule has 0 bridgehead atoms. The van der Waals surface area contributed by atoms with Crippen molar-refractivity contribution in [3.8, 4) is 0 Å². The molecule has 42 heavy (non-hydrogen) atoms. The molecule has 1 aliphatic rings. The maximum atomic E-state index is 13.1. The van der Waals surface area contributed by atoms with Gasteiger partial charge >= 0.3 is 6.03 Å². The lowest BCUT2D eigenvalue weighted by Gasteiger charge is -2.29. The Hall–Kier alpha value is -4.70. The van der Waals surface area contributed by atoms with E-state index in [2.05, 4.69) is 39.7 Å². The lowest BCUT2D eigenvalue weighted by atomic mass is 9.89. The smallest absolute Gasteiger partial charge is 0.325 e. The van der Waals surface area contributed by atoms with E-state index in [-0.39, 0.29) is 24.4 Å². The minimum absolute atomic E-state index is 0.0739. The Balaban J connectivity index is 1.37. The lowest BCUT2D eigenvalue weighted by molar-refractivity contribution is -0.127. The first kappa shape index (κ1) is 28.8. The molecule has 2 aromatic heterocycles. The van der Waals surface area contributed by atoms with Gasteiger partial charge in [-0.1, -0.05) is 12.1 Å². The van der Waals surface area contributed by atoms with E-state index < -0.39 is 0 Å². The first-order chi connectivity index (χ1) is 20.2. The number of likely N-dealkylation sites (tertiary alicyclic amines) is 1. The van der Waals surface area contributed by atoms with Gasteiger partial charge in [-0.25, -0.2) is 9.78 Å².